The maximum atomic E-state index is 10.5. The number of aliphatic hydroxyl groups is 1. The monoisotopic (exact) mass is 347 g/mol. The molecule has 4 rings (SSSR count). The third-order valence-electron chi connectivity index (χ3n) is 4.79. The van der Waals surface area contributed by atoms with Gasteiger partial charge in [0.15, 0.2) is 0 Å². The van der Waals surface area contributed by atoms with Crippen LogP contribution >= 0.6 is 0 Å². The Bertz CT molecular complexity index is 1090. The highest BCUT2D eigenvalue weighted by Crippen LogP contribution is 2.20. The maximum absolute atomic E-state index is 10.5. The first-order valence-electron chi connectivity index (χ1n) is 8.64. The number of nitrogens with one attached hydrogen (secondary N) is 1. The van der Waals surface area contributed by atoms with E-state index in [0.717, 1.165) is 11.0 Å². The van der Waals surface area contributed by atoms with E-state index in [4.69, 9.17) is 9.83 Å². The fourth-order valence-corrected chi connectivity index (χ4v) is 3.34. The fourth-order valence-electron chi connectivity index (χ4n) is 3.34. The van der Waals surface area contributed by atoms with E-state index in [2.05, 4.69) is 19.1 Å². The quantitative estimate of drug-likeness (QED) is 0.579. The van der Waals surface area contributed by atoms with E-state index in [9.17, 15) is 5.11 Å². The molecule has 132 valence electrons. The summed E-state index contributed by atoms with van der Waals surface area (Å²) in [6.45, 7) is 2.98. The van der Waals surface area contributed by atoms with Crippen LogP contribution in [0.5, 0.6) is 0 Å². The molecule has 1 atom stereocenters. The van der Waals surface area contributed by atoms with E-state index in [1.165, 1.54) is 11.1 Å². The number of aromatic nitrogens is 2. The SMILES string of the molecule is Cc1ccccc1Cn1c(=N)n(C[C@H](O)c2ccco2)c2ccccc21. The van der Waals surface area contributed by atoms with Crippen molar-refractivity contribution in [3.63, 3.8) is 0 Å². The van der Waals surface area contributed by atoms with Gasteiger partial charge in [-0.1, -0.05) is 36.4 Å². The van der Waals surface area contributed by atoms with Crippen molar-refractivity contribution in [2.45, 2.75) is 26.1 Å². The van der Waals surface area contributed by atoms with Gasteiger partial charge in [0.2, 0.25) is 5.62 Å². The van der Waals surface area contributed by atoms with Crippen LogP contribution in [0.25, 0.3) is 11.0 Å². The number of fused-ring (bicyclic) bond motifs is 1. The second-order valence-electron chi connectivity index (χ2n) is 6.47. The average molecular weight is 347 g/mol. The first-order valence-corrected chi connectivity index (χ1v) is 8.64. The Morgan fingerprint density at radius 2 is 1.65 bits per heavy atom. The van der Waals surface area contributed by atoms with E-state index in [0.29, 0.717) is 17.9 Å². The molecule has 0 saturated heterocycles. The zero-order valence-corrected chi connectivity index (χ0v) is 14.6. The first kappa shape index (κ1) is 16.4. The molecule has 4 aromatic rings. The third-order valence-corrected chi connectivity index (χ3v) is 4.79. The van der Waals surface area contributed by atoms with Gasteiger partial charge in [0.25, 0.3) is 0 Å². The average Bonchev–Trinajstić information content (AvgIpc) is 3.27. The molecule has 26 heavy (non-hydrogen) atoms. The standard InChI is InChI=1S/C21H21N3O2/c1-15-7-2-3-8-16(15)13-23-17-9-4-5-10-18(17)24(21(23)22)14-19(25)20-11-6-12-26-20/h2-12,19,22,25H,13-14H2,1H3/t19-/m0/s1. The van der Waals surface area contributed by atoms with Gasteiger partial charge in [0, 0.05) is 0 Å². The molecule has 0 unspecified atom stereocenters. The zero-order chi connectivity index (χ0) is 18.1. The summed E-state index contributed by atoms with van der Waals surface area (Å²) in [6.07, 6.45) is 0.753. The van der Waals surface area contributed by atoms with Crippen molar-refractivity contribution in [3.8, 4) is 0 Å². The largest absolute Gasteiger partial charge is 0.467 e. The predicted molar refractivity (Wildman–Crippen MR) is 99.7 cm³/mol. The lowest BCUT2D eigenvalue weighted by Crippen LogP contribution is -2.27. The van der Waals surface area contributed by atoms with Crippen LogP contribution in [-0.4, -0.2) is 14.2 Å². The van der Waals surface area contributed by atoms with E-state index < -0.39 is 6.10 Å². The number of hydrogen-bond acceptors (Lipinski definition) is 3. The van der Waals surface area contributed by atoms with Gasteiger partial charge < -0.3 is 18.7 Å². The number of rotatable bonds is 5. The molecule has 0 radical (unpaired) electrons. The van der Waals surface area contributed by atoms with E-state index in [1.54, 1.807) is 18.4 Å². The molecule has 0 saturated carbocycles. The summed E-state index contributed by atoms with van der Waals surface area (Å²) in [7, 11) is 0. The highest BCUT2D eigenvalue weighted by Gasteiger charge is 2.17. The molecule has 2 aromatic heterocycles. The van der Waals surface area contributed by atoms with E-state index in [1.807, 2.05) is 45.5 Å². The van der Waals surface area contributed by atoms with Crippen molar-refractivity contribution in [1.29, 1.82) is 5.41 Å². The summed E-state index contributed by atoms with van der Waals surface area (Å²) in [4.78, 5) is 0. The van der Waals surface area contributed by atoms with Gasteiger partial charge in [-0.2, -0.15) is 0 Å². The Kier molecular flexibility index (Phi) is 4.22. The van der Waals surface area contributed by atoms with Crippen LogP contribution < -0.4 is 5.62 Å². The minimum atomic E-state index is -0.795. The lowest BCUT2D eigenvalue weighted by Gasteiger charge is -2.10. The number of benzene rings is 2. The van der Waals surface area contributed by atoms with Crippen molar-refractivity contribution in [1.82, 2.24) is 9.13 Å². The van der Waals surface area contributed by atoms with Crippen LogP contribution in [0, 0.1) is 12.3 Å². The molecule has 0 fully saturated rings. The maximum Gasteiger partial charge on any atom is 0.203 e. The smallest absolute Gasteiger partial charge is 0.203 e. The van der Waals surface area contributed by atoms with E-state index >= 15 is 0 Å². The summed E-state index contributed by atoms with van der Waals surface area (Å²) in [5, 5.41) is 19.2. The Labute approximate surface area is 151 Å². The summed E-state index contributed by atoms with van der Waals surface area (Å²) >= 11 is 0. The molecule has 0 amide bonds. The second-order valence-corrected chi connectivity index (χ2v) is 6.47. The Hall–Kier alpha value is -3.05. The minimum absolute atomic E-state index is 0.271. The van der Waals surface area contributed by atoms with Crippen molar-refractivity contribution < 1.29 is 9.52 Å². The van der Waals surface area contributed by atoms with Gasteiger partial charge >= 0.3 is 0 Å². The number of nitrogens with zero attached hydrogens (tertiary/aromatic N) is 2. The van der Waals surface area contributed by atoms with Gasteiger partial charge in [-0.3, -0.25) is 5.41 Å². The van der Waals surface area contributed by atoms with Crippen LogP contribution in [0.4, 0.5) is 0 Å². The number of aliphatic hydroxyl groups excluding tert-OH is 1. The molecule has 5 nitrogen and oxygen atoms in total. The molecule has 5 heteroatoms. The number of para-hydroxylation sites is 2. The summed E-state index contributed by atoms with van der Waals surface area (Å²) in [6, 6.07) is 19.6. The van der Waals surface area contributed by atoms with Gasteiger partial charge in [0.05, 0.1) is 30.4 Å². The molecule has 0 spiro atoms. The molecule has 2 N–H and O–H groups in total. The summed E-state index contributed by atoms with van der Waals surface area (Å²) < 4.78 is 9.12. The van der Waals surface area contributed by atoms with Crippen LogP contribution in [0.15, 0.2) is 71.3 Å². The molecule has 0 aliphatic heterocycles. The first-order chi connectivity index (χ1) is 12.6. The lowest BCUT2D eigenvalue weighted by molar-refractivity contribution is 0.130. The molecular weight excluding hydrogens is 326 g/mol. The number of hydrogen-bond donors (Lipinski definition) is 2. The molecule has 0 bridgehead atoms. The molecule has 2 aromatic carbocycles. The van der Waals surface area contributed by atoms with E-state index in [-0.39, 0.29) is 6.54 Å². The third kappa shape index (κ3) is 2.86. The normalized spacial score (nSPS) is 12.5. The van der Waals surface area contributed by atoms with Crippen molar-refractivity contribution in [3.05, 3.63) is 89.4 Å². The Morgan fingerprint density at radius 1 is 0.962 bits per heavy atom. The predicted octanol–water partition coefficient (Wildman–Crippen LogP) is 3.61. The Morgan fingerprint density at radius 3 is 2.35 bits per heavy atom. The van der Waals surface area contributed by atoms with Crippen molar-refractivity contribution >= 4 is 11.0 Å². The summed E-state index contributed by atoms with van der Waals surface area (Å²) in [5.74, 6) is 0.507. The van der Waals surface area contributed by atoms with Gasteiger partial charge in [0.1, 0.15) is 11.9 Å². The zero-order valence-electron chi connectivity index (χ0n) is 14.6. The second kappa shape index (κ2) is 6.69. The molecule has 0 aliphatic carbocycles. The minimum Gasteiger partial charge on any atom is -0.467 e. The summed E-state index contributed by atoms with van der Waals surface area (Å²) in [5.41, 5.74) is 4.65. The van der Waals surface area contributed by atoms with Crippen LogP contribution in [0.1, 0.15) is 23.0 Å². The van der Waals surface area contributed by atoms with Crippen molar-refractivity contribution in [2.75, 3.05) is 0 Å². The highest BCUT2D eigenvalue weighted by atomic mass is 16.4. The molecule has 2 heterocycles. The fraction of sp³-hybridized carbons (Fsp3) is 0.190. The van der Waals surface area contributed by atoms with Gasteiger partial charge in [-0.15, -0.1) is 0 Å². The van der Waals surface area contributed by atoms with Crippen LogP contribution in [-0.2, 0) is 13.1 Å². The van der Waals surface area contributed by atoms with Gasteiger partial charge in [-0.05, 0) is 42.3 Å². The molecule has 0 aliphatic rings. The van der Waals surface area contributed by atoms with Crippen molar-refractivity contribution in [2.24, 2.45) is 0 Å². The van der Waals surface area contributed by atoms with Crippen LogP contribution in [0.2, 0.25) is 0 Å². The van der Waals surface area contributed by atoms with Gasteiger partial charge in [-0.25, -0.2) is 0 Å². The Balaban J connectivity index is 1.78. The lowest BCUT2D eigenvalue weighted by atomic mass is 10.1. The number of imidazole rings is 1. The number of aryl methyl sites for hydroxylation is 1. The van der Waals surface area contributed by atoms with Crippen LogP contribution in [0.3, 0.4) is 0 Å². The highest BCUT2D eigenvalue weighted by molar-refractivity contribution is 5.76. The molecular formula is C21H21N3O2. The topological polar surface area (TPSA) is 67.1 Å². The number of furan rings is 1.